The van der Waals surface area contributed by atoms with Crippen LogP contribution in [0, 0.1) is 5.92 Å². The summed E-state index contributed by atoms with van der Waals surface area (Å²) in [7, 11) is 2.07. The normalized spacial score (nSPS) is 25.0. The minimum Gasteiger partial charge on any atom is -0.393 e. The van der Waals surface area contributed by atoms with Crippen LogP contribution >= 0.6 is 12.2 Å². The Kier molecular flexibility index (Phi) is 4.04. The number of rotatable bonds is 2. The van der Waals surface area contributed by atoms with Gasteiger partial charge in [-0.3, -0.25) is 4.79 Å². The lowest BCUT2D eigenvalue weighted by atomic mass is 10.1. The summed E-state index contributed by atoms with van der Waals surface area (Å²) in [6, 6.07) is 0.404. The highest BCUT2D eigenvalue weighted by atomic mass is 32.1. The fourth-order valence-electron chi connectivity index (χ4n) is 1.64. The molecule has 1 aliphatic rings. The van der Waals surface area contributed by atoms with E-state index >= 15 is 0 Å². The summed E-state index contributed by atoms with van der Waals surface area (Å²) in [5.74, 6) is -0.280. The van der Waals surface area contributed by atoms with Crippen LogP contribution in [0.3, 0.4) is 0 Å². The van der Waals surface area contributed by atoms with E-state index in [1.54, 1.807) is 6.92 Å². The molecule has 1 amide bonds. The van der Waals surface area contributed by atoms with Crippen LogP contribution in [0.5, 0.6) is 0 Å². The van der Waals surface area contributed by atoms with Gasteiger partial charge in [0.1, 0.15) is 0 Å². The molecule has 86 valence electrons. The number of hydrogen-bond acceptors (Lipinski definition) is 3. The molecule has 2 atom stereocenters. The molecule has 2 N–H and O–H groups in total. The van der Waals surface area contributed by atoms with E-state index < -0.39 is 0 Å². The third-order valence-electron chi connectivity index (χ3n) is 3.07. The van der Waals surface area contributed by atoms with Crippen molar-refractivity contribution in [2.75, 3.05) is 26.7 Å². The van der Waals surface area contributed by atoms with Crippen LogP contribution in [0.1, 0.15) is 13.8 Å². The lowest BCUT2D eigenvalue weighted by molar-refractivity contribution is -0.135. The Morgan fingerprint density at radius 3 is 2.60 bits per heavy atom. The van der Waals surface area contributed by atoms with Gasteiger partial charge in [0.25, 0.3) is 0 Å². The van der Waals surface area contributed by atoms with Gasteiger partial charge < -0.3 is 15.5 Å². The number of piperazine rings is 1. The molecule has 0 spiro atoms. The first-order valence-corrected chi connectivity index (χ1v) is 5.62. The van der Waals surface area contributed by atoms with Crippen molar-refractivity contribution in [3.63, 3.8) is 0 Å². The third kappa shape index (κ3) is 2.89. The molecule has 0 aromatic carbocycles. The molecule has 5 heteroatoms. The molecular weight excluding hydrogens is 210 g/mol. The summed E-state index contributed by atoms with van der Waals surface area (Å²) in [5, 5.41) is 0. The van der Waals surface area contributed by atoms with E-state index in [9.17, 15) is 4.79 Å². The van der Waals surface area contributed by atoms with Crippen LogP contribution in [0.2, 0.25) is 0 Å². The Bertz CT molecular complexity index is 269. The second-order valence-electron chi connectivity index (χ2n) is 4.24. The average molecular weight is 229 g/mol. The van der Waals surface area contributed by atoms with Gasteiger partial charge in [0.15, 0.2) is 0 Å². The van der Waals surface area contributed by atoms with Gasteiger partial charge in [-0.05, 0) is 20.9 Å². The first-order valence-electron chi connectivity index (χ1n) is 5.21. The number of carbonyl (C=O) groups is 1. The van der Waals surface area contributed by atoms with Crippen LogP contribution in [0.4, 0.5) is 0 Å². The van der Waals surface area contributed by atoms with E-state index in [1.807, 2.05) is 4.90 Å². The zero-order valence-electron chi connectivity index (χ0n) is 9.56. The molecule has 0 radical (unpaired) electrons. The Morgan fingerprint density at radius 2 is 2.13 bits per heavy atom. The van der Waals surface area contributed by atoms with Crippen molar-refractivity contribution in [2.45, 2.75) is 19.9 Å². The van der Waals surface area contributed by atoms with Crippen molar-refractivity contribution < 1.29 is 4.79 Å². The molecule has 0 aromatic rings. The molecule has 4 nitrogen and oxygen atoms in total. The molecule has 0 saturated carbocycles. The summed E-state index contributed by atoms with van der Waals surface area (Å²) in [6.45, 7) is 6.34. The standard InChI is InChI=1S/C10H19N3OS/c1-7-6-13(5-4-12(7)3)10(14)8(2)9(11)15/h7-8H,4-6H2,1-3H3,(H2,11,15). The quantitative estimate of drug-likeness (QED) is 0.681. The second-order valence-corrected chi connectivity index (χ2v) is 4.71. The largest absolute Gasteiger partial charge is 0.393 e. The van der Waals surface area contributed by atoms with Crippen LogP contribution in [0.25, 0.3) is 0 Å². The third-order valence-corrected chi connectivity index (χ3v) is 3.42. The number of nitrogens with zero attached hydrogens (tertiary/aromatic N) is 2. The van der Waals surface area contributed by atoms with Crippen molar-refractivity contribution in [3.05, 3.63) is 0 Å². The monoisotopic (exact) mass is 229 g/mol. The molecule has 1 heterocycles. The van der Waals surface area contributed by atoms with Crippen molar-refractivity contribution >= 4 is 23.1 Å². The maximum Gasteiger partial charge on any atom is 0.232 e. The summed E-state index contributed by atoms with van der Waals surface area (Å²) in [4.78, 5) is 16.3. The molecular formula is C10H19N3OS. The van der Waals surface area contributed by atoms with Crippen molar-refractivity contribution in [2.24, 2.45) is 11.7 Å². The van der Waals surface area contributed by atoms with E-state index in [0.29, 0.717) is 6.04 Å². The van der Waals surface area contributed by atoms with Gasteiger partial charge in [0.2, 0.25) is 5.91 Å². The Hall–Kier alpha value is -0.680. The van der Waals surface area contributed by atoms with Crippen LogP contribution in [-0.4, -0.2) is 53.4 Å². The molecule has 0 aromatic heterocycles. The van der Waals surface area contributed by atoms with Gasteiger partial charge in [-0.1, -0.05) is 12.2 Å². The van der Waals surface area contributed by atoms with Crippen molar-refractivity contribution in [3.8, 4) is 0 Å². The van der Waals surface area contributed by atoms with E-state index in [0.717, 1.165) is 19.6 Å². The summed E-state index contributed by atoms with van der Waals surface area (Å²) in [5.41, 5.74) is 5.48. The van der Waals surface area contributed by atoms with Gasteiger partial charge in [0.05, 0.1) is 10.9 Å². The minimum absolute atomic E-state index is 0.0578. The highest BCUT2D eigenvalue weighted by Gasteiger charge is 2.28. The minimum atomic E-state index is -0.337. The number of likely N-dealkylation sites (N-methyl/N-ethyl adjacent to an activating group) is 1. The second kappa shape index (κ2) is 4.90. The summed E-state index contributed by atoms with van der Waals surface area (Å²) < 4.78 is 0. The van der Waals surface area contributed by atoms with Crippen LogP contribution in [0.15, 0.2) is 0 Å². The Balaban J connectivity index is 2.58. The fraction of sp³-hybridized carbons (Fsp3) is 0.800. The van der Waals surface area contributed by atoms with Crippen molar-refractivity contribution in [1.29, 1.82) is 0 Å². The molecule has 1 aliphatic heterocycles. The maximum atomic E-state index is 11.9. The SMILES string of the molecule is CC(C(=O)N1CCN(C)C(C)C1)C(N)=S. The molecule has 1 fully saturated rings. The number of carbonyl (C=O) groups excluding carboxylic acids is 1. The number of thiocarbonyl (C=S) groups is 1. The first kappa shape index (κ1) is 12.4. The maximum absolute atomic E-state index is 11.9. The van der Waals surface area contributed by atoms with E-state index in [1.165, 1.54) is 0 Å². The Morgan fingerprint density at radius 1 is 1.53 bits per heavy atom. The van der Waals surface area contributed by atoms with E-state index in [2.05, 4.69) is 18.9 Å². The molecule has 1 saturated heterocycles. The van der Waals surface area contributed by atoms with Gasteiger partial charge in [0, 0.05) is 25.7 Å². The van der Waals surface area contributed by atoms with Crippen molar-refractivity contribution in [1.82, 2.24) is 9.80 Å². The fourth-order valence-corrected chi connectivity index (χ4v) is 1.74. The smallest absolute Gasteiger partial charge is 0.232 e. The number of nitrogens with two attached hydrogens (primary N) is 1. The molecule has 2 unspecified atom stereocenters. The van der Waals surface area contributed by atoms with Gasteiger partial charge in [-0.15, -0.1) is 0 Å². The molecule has 0 bridgehead atoms. The van der Waals surface area contributed by atoms with Gasteiger partial charge in [-0.25, -0.2) is 0 Å². The van der Waals surface area contributed by atoms with Crippen LogP contribution < -0.4 is 5.73 Å². The lowest BCUT2D eigenvalue weighted by Gasteiger charge is -2.38. The number of hydrogen-bond donors (Lipinski definition) is 1. The number of amides is 1. The van der Waals surface area contributed by atoms with E-state index in [-0.39, 0.29) is 16.8 Å². The average Bonchev–Trinajstić information content (AvgIpc) is 2.19. The van der Waals surface area contributed by atoms with Gasteiger partial charge >= 0.3 is 0 Å². The lowest BCUT2D eigenvalue weighted by Crippen LogP contribution is -2.54. The molecule has 0 aliphatic carbocycles. The highest BCUT2D eigenvalue weighted by molar-refractivity contribution is 7.80. The zero-order valence-corrected chi connectivity index (χ0v) is 10.4. The van der Waals surface area contributed by atoms with Gasteiger partial charge in [-0.2, -0.15) is 0 Å². The topological polar surface area (TPSA) is 49.6 Å². The Labute approximate surface area is 96.4 Å². The zero-order chi connectivity index (χ0) is 11.6. The predicted molar refractivity (Wildman–Crippen MR) is 64.6 cm³/mol. The highest BCUT2D eigenvalue weighted by Crippen LogP contribution is 2.11. The van der Waals surface area contributed by atoms with E-state index in [4.69, 9.17) is 18.0 Å². The molecule has 15 heavy (non-hydrogen) atoms. The predicted octanol–water partition coefficient (Wildman–Crippen LogP) is 0.0711. The molecule has 1 rings (SSSR count). The summed E-state index contributed by atoms with van der Waals surface area (Å²) in [6.07, 6.45) is 0. The summed E-state index contributed by atoms with van der Waals surface area (Å²) >= 11 is 4.84. The van der Waals surface area contributed by atoms with Crippen LogP contribution in [-0.2, 0) is 4.79 Å². The first-order chi connectivity index (χ1) is 6.93.